The van der Waals surface area contributed by atoms with Crippen molar-refractivity contribution in [1.82, 2.24) is 5.32 Å². The van der Waals surface area contributed by atoms with Crippen LogP contribution in [0, 0.1) is 17.3 Å². The molecule has 0 aromatic heterocycles. The molecule has 0 saturated carbocycles. The normalized spacial score (nSPS) is 16.2. The van der Waals surface area contributed by atoms with Crippen LogP contribution in [0.1, 0.15) is 60.8 Å². The second kappa shape index (κ2) is 7.51. The second-order valence-electron chi connectivity index (χ2n) is 5.99. The fraction of sp³-hybridized carbons (Fsp3) is 0.867. The average molecular weight is 271 g/mol. The number of hydrogen-bond acceptors (Lipinski definition) is 2. The second-order valence-corrected chi connectivity index (χ2v) is 5.99. The Hall–Kier alpha value is -1.06. The van der Waals surface area contributed by atoms with Crippen molar-refractivity contribution in [3.05, 3.63) is 0 Å². The number of hydrogen-bond donors (Lipinski definition) is 2. The maximum absolute atomic E-state index is 12.0. The molecule has 19 heavy (non-hydrogen) atoms. The summed E-state index contributed by atoms with van der Waals surface area (Å²) in [5, 5.41) is 12.3. The van der Waals surface area contributed by atoms with E-state index in [0.29, 0.717) is 5.92 Å². The van der Waals surface area contributed by atoms with E-state index in [9.17, 15) is 14.7 Å². The lowest BCUT2D eigenvalue weighted by Crippen LogP contribution is -2.43. The van der Waals surface area contributed by atoms with Crippen LogP contribution in [-0.4, -0.2) is 23.0 Å². The highest BCUT2D eigenvalue weighted by molar-refractivity contribution is 5.85. The molecule has 0 aliphatic heterocycles. The molecule has 4 heteroatoms. The van der Waals surface area contributed by atoms with E-state index in [2.05, 4.69) is 19.2 Å². The zero-order valence-electron chi connectivity index (χ0n) is 13.1. The van der Waals surface area contributed by atoms with E-state index < -0.39 is 11.4 Å². The number of carboxylic acids is 1. The third-order valence-electron chi connectivity index (χ3n) is 4.44. The molecule has 2 unspecified atom stereocenters. The third kappa shape index (κ3) is 4.84. The Morgan fingerprint density at radius 2 is 1.63 bits per heavy atom. The molecule has 0 radical (unpaired) electrons. The standard InChI is InChI=1S/C15H29NO3/c1-7-12(8-2)11(5)16-13(17)9-15(6,10(3)4)14(18)19/h10-12H,7-9H2,1-6H3,(H,16,17)(H,18,19). The maximum atomic E-state index is 12.0. The molecule has 0 aromatic rings. The van der Waals surface area contributed by atoms with Crippen LogP contribution in [0.25, 0.3) is 0 Å². The highest BCUT2D eigenvalue weighted by Crippen LogP contribution is 2.31. The summed E-state index contributed by atoms with van der Waals surface area (Å²) in [6.45, 7) is 11.5. The predicted octanol–water partition coefficient (Wildman–Crippen LogP) is 3.06. The van der Waals surface area contributed by atoms with Crippen molar-refractivity contribution < 1.29 is 14.7 Å². The molecule has 0 fully saturated rings. The summed E-state index contributed by atoms with van der Waals surface area (Å²) in [5.74, 6) is -0.718. The van der Waals surface area contributed by atoms with Crippen LogP contribution in [0.4, 0.5) is 0 Å². The number of carbonyl (C=O) groups excluding carboxylic acids is 1. The van der Waals surface area contributed by atoms with Crippen LogP contribution in [-0.2, 0) is 9.59 Å². The van der Waals surface area contributed by atoms with Crippen molar-refractivity contribution in [2.75, 3.05) is 0 Å². The van der Waals surface area contributed by atoms with Crippen LogP contribution in [0.5, 0.6) is 0 Å². The lowest BCUT2D eigenvalue weighted by atomic mass is 9.76. The Morgan fingerprint density at radius 1 is 1.16 bits per heavy atom. The van der Waals surface area contributed by atoms with Crippen molar-refractivity contribution in [2.45, 2.75) is 66.8 Å². The Labute approximate surface area is 117 Å². The molecule has 0 aromatic carbocycles. The van der Waals surface area contributed by atoms with Crippen molar-refractivity contribution in [3.63, 3.8) is 0 Å². The lowest BCUT2D eigenvalue weighted by molar-refractivity contribution is -0.153. The average Bonchev–Trinajstić information content (AvgIpc) is 2.29. The molecule has 112 valence electrons. The summed E-state index contributed by atoms with van der Waals surface area (Å²) in [7, 11) is 0. The van der Waals surface area contributed by atoms with Gasteiger partial charge < -0.3 is 10.4 Å². The van der Waals surface area contributed by atoms with Crippen molar-refractivity contribution >= 4 is 11.9 Å². The van der Waals surface area contributed by atoms with E-state index in [1.54, 1.807) is 6.92 Å². The van der Waals surface area contributed by atoms with Crippen LogP contribution in [0.2, 0.25) is 0 Å². The summed E-state index contributed by atoms with van der Waals surface area (Å²) in [6.07, 6.45) is 2.06. The molecule has 0 heterocycles. The summed E-state index contributed by atoms with van der Waals surface area (Å²) < 4.78 is 0. The smallest absolute Gasteiger partial charge is 0.310 e. The fourth-order valence-corrected chi connectivity index (χ4v) is 2.28. The van der Waals surface area contributed by atoms with Crippen LogP contribution >= 0.6 is 0 Å². The van der Waals surface area contributed by atoms with Crippen LogP contribution in [0.3, 0.4) is 0 Å². The summed E-state index contributed by atoms with van der Waals surface area (Å²) in [6, 6.07) is 0.0905. The highest BCUT2D eigenvalue weighted by Gasteiger charge is 2.39. The topological polar surface area (TPSA) is 66.4 Å². The molecule has 0 bridgehead atoms. The molecule has 2 N–H and O–H groups in total. The molecule has 0 aliphatic rings. The molecule has 0 rings (SSSR count). The summed E-state index contributed by atoms with van der Waals surface area (Å²) >= 11 is 0. The third-order valence-corrected chi connectivity index (χ3v) is 4.44. The van der Waals surface area contributed by atoms with Gasteiger partial charge >= 0.3 is 5.97 Å². The predicted molar refractivity (Wildman–Crippen MR) is 76.9 cm³/mol. The largest absolute Gasteiger partial charge is 0.481 e. The zero-order valence-corrected chi connectivity index (χ0v) is 13.1. The molecule has 0 saturated heterocycles. The van der Waals surface area contributed by atoms with Gasteiger partial charge in [-0.05, 0) is 25.7 Å². The van der Waals surface area contributed by atoms with Crippen molar-refractivity contribution in [3.8, 4) is 0 Å². The molecular weight excluding hydrogens is 242 g/mol. The van der Waals surface area contributed by atoms with E-state index in [-0.39, 0.29) is 24.3 Å². The number of nitrogens with one attached hydrogen (secondary N) is 1. The summed E-state index contributed by atoms with van der Waals surface area (Å²) in [4.78, 5) is 23.4. The quantitative estimate of drug-likeness (QED) is 0.713. The minimum absolute atomic E-state index is 0.0322. The first-order chi connectivity index (χ1) is 8.68. The molecule has 0 spiro atoms. The number of amides is 1. The van der Waals surface area contributed by atoms with Gasteiger partial charge in [0.05, 0.1) is 5.41 Å². The van der Waals surface area contributed by atoms with Crippen molar-refractivity contribution in [2.24, 2.45) is 17.3 Å². The minimum Gasteiger partial charge on any atom is -0.481 e. The first-order valence-electron chi connectivity index (χ1n) is 7.21. The van der Waals surface area contributed by atoms with Crippen molar-refractivity contribution in [1.29, 1.82) is 0 Å². The van der Waals surface area contributed by atoms with Gasteiger partial charge in [-0.3, -0.25) is 9.59 Å². The van der Waals surface area contributed by atoms with Crippen LogP contribution < -0.4 is 5.32 Å². The van der Waals surface area contributed by atoms with E-state index in [1.807, 2.05) is 20.8 Å². The Kier molecular flexibility index (Phi) is 7.09. The number of carbonyl (C=O) groups is 2. The summed E-state index contributed by atoms with van der Waals surface area (Å²) in [5.41, 5.74) is -1.00. The number of carboxylic acid groups (broad SMARTS) is 1. The molecular formula is C15H29NO3. The maximum Gasteiger partial charge on any atom is 0.310 e. The van der Waals surface area contributed by atoms with Gasteiger partial charge in [-0.1, -0.05) is 40.5 Å². The highest BCUT2D eigenvalue weighted by atomic mass is 16.4. The Morgan fingerprint density at radius 3 is 1.95 bits per heavy atom. The number of aliphatic carboxylic acids is 1. The van der Waals surface area contributed by atoms with E-state index >= 15 is 0 Å². The van der Waals surface area contributed by atoms with Gasteiger partial charge in [-0.2, -0.15) is 0 Å². The van der Waals surface area contributed by atoms with Gasteiger partial charge in [0.2, 0.25) is 5.91 Å². The van der Waals surface area contributed by atoms with Gasteiger partial charge in [0.15, 0.2) is 0 Å². The molecule has 2 atom stereocenters. The van der Waals surface area contributed by atoms with E-state index in [1.165, 1.54) is 0 Å². The van der Waals surface area contributed by atoms with E-state index in [4.69, 9.17) is 0 Å². The fourth-order valence-electron chi connectivity index (χ4n) is 2.28. The Balaban J connectivity index is 4.64. The minimum atomic E-state index is -1.00. The van der Waals surface area contributed by atoms with Crippen LogP contribution in [0.15, 0.2) is 0 Å². The zero-order chi connectivity index (χ0) is 15.2. The first-order valence-corrected chi connectivity index (χ1v) is 7.21. The monoisotopic (exact) mass is 271 g/mol. The van der Waals surface area contributed by atoms with Gasteiger partial charge in [0.25, 0.3) is 0 Å². The van der Waals surface area contributed by atoms with Gasteiger partial charge in [-0.15, -0.1) is 0 Å². The SMILES string of the molecule is CCC(CC)C(C)NC(=O)CC(C)(C(=O)O)C(C)C. The molecule has 4 nitrogen and oxygen atoms in total. The Bertz CT molecular complexity index is 311. The molecule has 1 amide bonds. The van der Waals surface area contributed by atoms with Gasteiger partial charge in [-0.25, -0.2) is 0 Å². The molecule has 0 aliphatic carbocycles. The first kappa shape index (κ1) is 17.9. The lowest BCUT2D eigenvalue weighted by Gasteiger charge is -2.30. The van der Waals surface area contributed by atoms with Gasteiger partial charge in [0.1, 0.15) is 0 Å². The van der Waals surface area contributed by atoms with E-state index in [0.717, 1.165) is 12.8 Å². The van der Waals surface area contributed by atoms with Gasteiger partial charge in [0, 0.05) is 12.5 Å². The number of rotatable bonds is 8.